The molecule has 2 N–H and O–H groups in total. The molecule has 0 unspecified atom stereocenters. The Hall–Kier alpha value is -1.98. The summed E-state index contributed by atoms with van der Waals surface area (Å²) in [6.07, 6.45) is 0.924. The van der Waals surface area contributed by atoms with Crippen LogP contribution in [-0.2, 0) is 6.42 Å². The zero-order valence-corrected chi connectivity index (χ0v) is 14.2. The molecular weight excluding hydrogens is 322 g/mol. The van der Waals surface area contributed by atoms with Gasteiger partial charge in [0.15, 0.2) is 0 Å². The Labute approximate surface area is 146 Å². The summed E-state index contributed by atoms with van der Waals surface area (Å²) in [7, 11) is 0. The number of aliphatic hydroxyl groups excluding tert-OH is 1. The van der Waals surface area contributed by atoms with Crippen molar-refractivity contribution >= 4 is 17.7 Å². The number of ether oxygens (including phenoxy) is 1. The highest BCUT2D eigenvalue weighted by Crippen LogP contribution is 2.26. The zero-order valence-electron chi connectivity index (χ0n) is 13.4. The van der Waals surface area contributed by atoms with Crippen molar-refractivity contribution in [1.82, 2.24) is 5.32 Å². The molecule has 126 valence electrons. The number of benzene rings is 2. The Morgan fingerprint density at radius 1 is 1.21 bits per heavy atom. The van der Waals surface area contributed by atoms with Gasteiger partial charge < -0.3 is 15.2 Å². The first kappa shape index (κ1) is 16.9. The lowest BCUT2D eigenvalue weighted by Gasteiger charge is -2.25. The maximum Gasteiger partial charge on any atom is 0.251 e. The smallest absolute Gasteiger partial charge is 0.251 e. The van der Waals surface area contributed by atoms with Crippen molar-refractivity contribution in [2.24, 2.45) is 5.92 Å². The van der Waals surface area contributed by atoms with Crippen LogP contribution in [0.2, 0.25) is 0 Å². The number of thioether (sulfide) groups is 1. The topological polar surface area (TPSA) is 58.6 Å². The normalized spacial score (nSPS) is 16.1. The second-order valence-electron chi connectivity index (χ2n) is 5.80. The first-order chi connectivity index (χ1) is 11.8. The van der Waals surface area contributed by atoms with Crippen LogP contribution in [0.1, 0.15) is 15.9 Å². The van der Waals surface area contributed by atoms with Crippen LogP contribution in [0.5, 0.6) is 5.75 Å². The summed E-state index contributed by atoms with van der Waals surface area (Å²) in [5, 5.41) is 11.8. The van der Waals surface area contributed by atoms with E-state index in [1.165, 1.54) is 5.56 Å². The van der Waals surface area contributed by atoms with Gasteiger partial charge in [0.25, 0.3) is 5.91 Å². The van der Waals surface area contributed by atoms with Crippen molar-refractivity contribution in [1.29, 1.82) is 0 Å². The summed E-state index contributed by atoms with van der Waals surface area (Å²) in [4.78, 5) is 13.3. The lowest BCUT2D eigenvalue weighted by atomic mass is 9.96. The first-order valence-electron chi connectivity index (χ1n) is 8.09. The van der Waals surface area contributed by atoms with Crippen molar-refractivity contribution in [2.75, 3.05) is 25.5 Å². The number of amides is 1. The van der Waals surface area contributed by atoms with Gasteiger partial charge in [-0.1, -0.05) is 18.2 Å². The van der Waals surface area contributed by atoms with Gasteiger partial charge in [0, 0.05) is 28.7 Å². The number of hydrogen-bond acceptors (Lipinski definition) is 4. The van der Waals surface area contributed by atoms with E-state index in [0.29, 0.717) is 30.4 Å². The third kappa shape index (κ3) is 4.30. The lowest BCUT2D eigenvalue weighted by Crippen LogP contribution is -2.34. The molecule has 0 spiro atoms. The molecule has 24 heavy (non-hydrogen) atoms. The first-order valence-corrected chi connectivity index (χ1v) is 9.07. The molecule has 0 saturated heterocycles. The van der Waals surface area contributed by atoms with Crippen LogP contribution < -0.4 is 10.1 Å². The van der Waals surface area contributed by atoms with Gasteiger partial charge in [0.1, 0.15) is 5.75 Å². The average molecular weight is 343 g/mol. The van der Waals surface area contributed by atoms with E-state index in [0.717, 1.165) is 17.1 Å². The lowest BCUT2D eigenvalue weighted by molar-refractivity contribution is 0.0939. The highest BCUT2D eigenvalue weighted by atomic mass is 32.2. The van der Waals surface area contributed by atoms with Crippen molar-refractivity contribution in [3.8, 4) is 5.75 Å². The third-order valence-corrected chi connectivity index (χ3v) is 4.98. The average Bonchev–Trinajstić information content (AvgIpc) is 2.64. The van der Waals surface area contributed by atoms with Crippen LogP contribution in [0.25, 0.3) is 0 Å². The molecule has 0 aromatic heterocycles. The fourth-order valence-electron chi connectivity index (χ4n) is 2.73. The second kappa shape index (κ2) is 8.22. The number of rotatable bonds is 6. The van der Waals surface area contributed by atoms with Gasteiger partial charge in [-0.15, -0.1) is 11.8 Å². The minimum absolute atomic E-state index is 0.0624. The molecule has 1 aliphatic heterocycles. The Balaban J connectivity index is 1.51. The van der Waals surface area contributed by atoms with Crippen LogP contribution in [0.4, 0.5) is 0 Å². The van der Waals surface area contributed by atoms with E-state index in [4.69, 9.17) is 9.84 Å². The summed E-state index contributed by atoms with van der Waals surface area (Å²) in [5.74, 6) is 1.85. The van der Waals surface area contributed by atoms with E-state index in [-0.39, 0.29) is 12.5 Å². The maximum absolute atomic E-state index is 12.3. The predicted octanol–water partition coefficient (Wildman–Crippen LogP) is 2.75. The van der Waals surface area contributed by atoms with Crippen molar-refractivity contribution in [2.45, 2.75) is 11.3 Å². The predicted molar refractivity (Wildman–Crippen MR) is 95.7 cm³/mol. The number of nitrogens with one attached hydrogen (secondary N) is 1. The molecule has 0 aliphatic carbocycles. The van der Waals surface area contributed by atoms with Crippen molar-refractivity contribution < 1.29 is 14.6 Å². The molecule has 0 fully saturated rings. The van der Waals surface area contributed by atoms with Crippen molar-refractivity contribution in [3.63, 3.8) is 0 Å². The molecule has 1 aliphatic rings. The van der Waals surface area contributed by atoms with Gasteiger partial charge in [-0.3, -0.25) is 4.79 Å². The summed E-state index contributed by atoms with van der Waals surface area (Å²) < 4.78 is 5.75. The summed E-state index contributed by atoms with van der Waals surface area (Å²) in [6.45, 7) is 1.39. The van der Waals surface area contributed by atoms with Crippen LogP contribution in [0.15, 0.2) is 53.4 Å². The van der Waals surface area contributed by atoms with Gasteiger partial charge >= 0.3 is 0 Å². The molecule has 0 radical (unpaired) electrons. The molecule has 5 heteroatoms. The van der Waals surface area contributed by atoms with E-state index >= 15 is 0 Å². The Bertz CT molecular complexity index is 687. The van der Waals surface area contributed by atoms with E-state index in [1.807, 2.05) is 42.5 Å². The molecule has 0 bridgehead atoms. The minimum Gasteiger partial charge on any atom is -0.493 e. The SMILES string of the molecule is O=C(NC[C@H]1COc2ccccc2C1)c1ccc(SCCO)cc1. The number of fused-ring (bicyclic) bond motifs is 1. The largest absolute Gasteiger partial charge is 0.493 e. The highest BCUT2D eigenvalue weighted by molar-refractivity contribution is 7.99. The minimum atomic E-state index is -0.0624. The monoisotopic (exact) mass is 343 g/mol. The fourth-order valence-corrected chi connectivity index (χ4v) is 3.38. The number of hydrogen-bond donors (Lipinski definition) is 2. The fraction of sp³-hybridized carbons (Fsp3) is 0.316. The van der Waals surface area contributed by atoms with E-state index in [2.05, 4.69) is 11.4 Å². The van der Waals surface area contributed by atoms with Gasteiger partial charge in [0.2, 0.25) is 0 Å². The molecular formula is C19H21NO3S. The molecule has 4 nitrogen and oxygen atoms in total. The van der Waals surface area contributed by atoms with E-state index in [9.17, 15) is 4.79 Å². The van der Waals surface area contributed by atoms with Gasteiger partial charge in [-0.25, -0.2) is 0 Å². The number of para-hydroxylation sites is 1. The molecule has 2 aromatic rings. The van der Waals surface area contributed by atoms with Gasteiger partial charge in [-0.2, -0.15) is 0 Å². The Morgan fingerprint density at radius 3 is 2.79 bits per heavy atom. The number of carbonyl (C=O) groups is 1. The highest BCUT2D eigenvalue weighted by Gasteiger charge is 2.20. The summed E-state index contributed by atoms with van der Waals surface area (Å²) >= 11 is 1.57. The molecule has 3 rings (SSSR count). The molecule has 0 saturated carbocycles. The van der Waals surface area contributed by atoms with E-state index in [1.54, 1.807) is 11.8 Å². The maximum atomic E-state index is 12.3. The molecule has 1 heterocycles. The molecule has 2 aromatic carbocycles. The van der Waals surface area contributed by atoms with Crippen LogP contribution >= 0.6 is 11.8 Å². The summed E-state index contributed by atoms with van der Waals surface area (Å²) in [5.41, 5.74) is 1.86. The van der Waals surface area contributed by atoms with Crippen LogP contribution in [0, 0.1) is 5.92 Å². The Morgan fingerprint density at radius 2 is 2.00 bits per heavy atom. The Kier molecular flexibility index (Phi) is 5.77. The van der Waals surface area contributed by atoms with E-state index < -0.39 is 0 Å². The molecule has 1 amide bonds. The zero-order chi connectivity index (χ0) is 16.8. The third-order valence-electron chi connectivity index (χ3n) is 3.98. The summed E-state index contributed by atoms with van der Waals surface area (Å²) in [6, 6.07) is 15.5. The number of carbonyl (C=O) groups excluding carboxylic acids is 1. The van der Waals surface area contributed by atoms with Crippen LogP contribution in [-0.4, -0.2) is 36.5 Å². The van der Waals surface area contributed by atoms with Crippen molar-refractivity contribution in [3.05, 3.63) is 59.7 Å². The van der Waals surface area contributed by atoms with Gasteiger partial charge in [0.05, 0.1) is 13.2 Å². The molecule has 1 atom stereocenters. The van der Waals surface area contributed by atoms with Crippen LogP contribution in [0.3, 0.4) is 0 Å². The standard InChI is InChI=1S/C19H21NO3S/c21-9-10-24-17-7-5-15(6-8-17)19(22)20-12-14-11-16-3-1-2-4-18(16)23-13-14/h1-8,14,21H,9-13H2,(H,20,22)/t14-/m0/s1. The second-order valence-corrected chi connectivity index (χ2v) is 6.96. The quantitative estimate of drug-likeness (QED) is 0.792. The van der Waals surface area contributed by atoms with Gasteiger partial charge in [-0.05, 0) is 42.3 Å². The number of aliphatic hydroxyl groups is 1.